The second kappa shape index (κ2) is 2.05. The summed E-state index contributed by atoms with van der Waals surface area (Å²) in [5.74, 6) is 0. The molecule has 1 rings (SSSR count). The maximum atomic E-state index is 9.97. The summed E-state index contributed by atoms with van der Waals surface area (Å²) in [6.45, 7) is 1.92. The highest BCUT2D eigenvalue weighted by atomic mass is 32.1. The molecule has 0 aliphatic rings. The maximum Gasteiger partial charge on any atom is 0.178 e. The van der Waals surface area contributed by atoms with Crippen LogP contribution in [-0.4, -0.2) is 11.3 Å². The molecule has 0 aromatic carbocycles. The van der Waals surface area contributed by atoms with Crippen molar-refractivity contribution in [3.05, 3.63) is 16.1 Å². The van der Waals surface area contributed by atoms with Gasteiger partial charge in [0, 0.05) is 11.1 Å². The van der Waals surface area contributed by atoms with Gasteiger partial charge in [0.2, 0.25) is 0 Å². The van der Waals surface area contributed by atoms with Crippen molar-refractivity contribution in [1.29, 1.82) is 0 Å². The normalized spacial score (nSPS) is 9.12. The SMILES string of the molecule is Cc1cnc(C=O)s1. The van der Waals surface area contributed by atoms with Crippen LogP contribution in [0, 0.1) is 6.92 Å². The second-order valence-electron chi connectivity index (χ2n) is 1.43. The predicted molar refractivity (Wildman–Crippen MR) is 32.2 cm³/mol. The molecular weight excluding hydrogens is 122 g/mol. The monoisotopic (exact) mass is 127 g/mol. The van der Waals surface area contributed by atoms with Gasteiger partial charge in [-0.2, -0.15) is 0 Å². The van der Waals surface area contributed by atoms with Gasteiger partial charge in [0.1, 0.15) is 0 Å². The van der Waals surface area contributed by atoms with Crippen LogP contribution < -0.4 is 0 Å². The fourth-order valence-electron chi connectivity index (χ4n) is 0.427. The molecule has 0 bridgehead atoms. The topological polar surface area (TPSA) is 30.0 Å². The molecule has 1 aromatic rings. The molecule has 0 spiro atoms. The highest BCUT2D eigenvalue weighted by Crippen LogP contribution is 2.07. The van der Waals surface area contributed by atoms with Crippen LogP contribution in [0.4, 0.5) is 0 Å². The summed E-state index contributed by atoms with van der Waals surface area (Å²) < 4.78 is 0. The molecule has 0 unspecified atom stereocenters. The molecule has 0 radical (unpaired) electrons. The van der Waals surface area contributed by atoms with Gasteiger partial charge < -0.3 is 0 Å². The zero-order chi connectivity index (χ0) is 5.98. The van der Waals surface area contributed by atoms with Gasteiger partial charge in [-0.25, -0.2) is 4.98 Å². The van der Waals surface area contributed by atoms with Crippen LogP contribution in [0.3, 0.4) is 0 Å². The minimum atomic E-state index is 0.558. The Morgan fingerprint density at radius 1 is 1.88 bits per heavy atom. The Bertz CT molecular complexity index is 194. The Balaban J connectivity index is 3.00. The average molecular weight is 127 g/mol. The van der Waals surface area contributed by atoms with Crippen LogP contribution in [0.1, 0.15) is 14.7 Å². The summed E-state index contributed by atoms with van der Waals surface area (Å²) in [5, 5.41) is 0.558. The number of rotatable bonds is 1. The van der Waals surface area contributed by atoms with Crippen molar-refractivity contribution in [2.45, 2.75) is 6.92 Å². The van der Waals surface area contributed by atoms with Crippen molar-refractivity contribution >= 4 is 17.6 Å². The second-order valence-corrected chi connectivity index (χ2v) is 2.69. The number of aromatic nitrogens is 1. The molecule has 0 saturated heterocycles. The molecule has 0 atom stereocenters. The molecule has 1 aromatic heterocycles. The molecule has 8 heavy (non-hydrogen) atoms. The number of hydrogen-bond acceptors (Lipinski definition) is 3. The van der Waals surface area contributed by atoms with E-state index in [0.29, 0.717) is 5.01 Å². The van der Waals surface area contributed by atoms with E-state index >= 15 is 0 Å². The van der Waals surface area contributed by atoms with E-state index < -0.39 is 0 Å². The molecule has 0 aliphatic heterocycles. The maximum absolute atomic E-state index is 9.97. The summed E-state index contributed by atoms with van der Waals surface area (Å²) in [7, 11) is 0. The highest BCUT2D eigenvalue weighted by Gasteiger charge is 1.91. The summed E-state index contributed by atoms with van der Waals surface area (Å²) in [6, 6.07) is 0. The number of aldehydes is 1. The number of hydrogen-bond donors (Lipinski definition) is 0. The van der Waals surface area contributed by atoms with Crippen LogP contribution in [0.5, 0.6) is 0 Å². The Hall–Kier alpha value is -0.700. The Labute approximate surface area is 51.2 Å². The van der Waals surface area contributed by atoms with Gasteiger partial charge in [-0.15, -0.1) is 11.3 Å². The van der Waals surface area contributed by atoms with Crippen LogP contribution in [0.25, 0.3) is 0 Å². The highest BCUT2D eigenvalue weighted by molar-refractivity contribution is 7.13. The first-order valence-electron chi connectivity index (χ1n) is 2.20. The van der Waals surface area contributed by atoms with Crippen LogP contribution in [0.2, 0.25) is 0 Å². The quantitative estimate of drug-likeness (QED) is 0.531. The van der Waals surface area contributed by atoms with Crippen molar-refractivity contribution < 1.29 is 4.79 Å². The van der Waals surface area contributed by atoms with Gasteiger partial charge in [-0.3, -0.25) is 4.79 Å². The van der Waals surface area contributed by atoms with Crippen LogP contribution in [0.15, 0.2) is 6.20 Å². The fourth-order valence-corrected chi connectivity index (χ4v) is 1.02. The lowest BCUT2D eigenvalue weighted by atomic mass is 10.6. The zero-order valence-corrected chi connectivity index (χ0v) is 5.23. The molecule has 0 fully saturated rings. The van der Waals surface area contributed by atoms with E-state index in [1.807, 2.05) is 6.92 Å². The molecule has 0 N–H and O–H groups in total. The average Bonchev–Trinajstić information content (AvgIpc) is 2.14. The number of carbonyl (C=O) groups excluding carboxylic acids is 1. The third-order valence-corrected chi connectivity index (χ3v) is 1.58. The first-order valence-corrected chi connectivity index (χ1v) is 3.02. The van der Waals surface area contributed by atoms with Crippen LogP contribution in [-0.2, 0) is 0 Å². The fraction of sp³-hybridized carbons (Fsp3) is 0.200. The first-order chi connectivity index (χ1) is 3.83. The van der Waals surface area contributed by atoms with E-state index in [-0.39, 0.29) is 0 Å². The van der Waals surface area contributed by atoms with Gasteiger partial charge in [-0.05, 0) is 6.92 Å². The third-order valence-electron chi connectivity index (χ3n) is 0.740. The van der Waals surface area contributed by atoms with Crippen molar-refractivity contribution in [1.82, 2.24) is 4.98 Å². The molecule has 42 valence electrons. The number of aryl methyl sites for hydroxylation is 1. The van der Waals surface area contributed by atoms with Crippen molar-refractivity contribution in [3.8, 4) is 0 Å². The van der Waals surface area contributed by atoms with Crippen molar-refractivity contribution in [2.75, 3.05) is 0 Å². The minimum Gasteiger partial charge on any atom is -0.295 e. The van der Waals surface area contributed by atoms with E-state index in [0.717, 1.165) is 11.2 Å². The Morgan fingerprint density at radius 3 is 2.88 bits per heavy atom. The largest absolute Gasteiger partial charge is 0.295 e. The molecular formula is C5H5NOS. The van der Waals surface area contributed by atoms with Gasteiger partial charge in [0.15, 0.2) is 11.3 Å². The van der Waals surface area contributed by atoms with Crippen LogP contribution >= 0.6 is 11.3 Å². The van der Waals surface area contributed by atoms with Gasteiger partial charge in [0.05, 0.1) is 0 Å². The molecule has 2 nitrogen and oxygen atoms in total. The van der Waals surface area contributed by atoms with E-state index in [9.17, 15) is 4.79 Å². The molecule has 1 heterocycles. The molecule has 0 amide bonds. The van der Waals surface area contributed by atoms with E-state index in [4.69, 9.17) is 0 Å². The molecule has 0 saturated carbocycles. The lowest BCUT2D eigenvalue weighted by molar-refractivity contribution is 0.112. The van der Waals surface area contributed by atoms with Crippen molar-refractivity contribution in [3.63, 3.8) is 0 Å². The summed E-state index contributed by atoms with van der Waals surface area (Å²) in [4.78, 5) is 14.8. The molecule has 0 aliphatic carbocycles. The summed E-state index contributed by atoms with van der Waals surface area (Å²) >= 11 is 1.41. The Morgan fingerprint density at radius 2 is 2.62 bits per heavy atom. The van der Waals surface area contributed by atoms with Gasteiger partial charge in [-0.1, -0.05) is 0 Å². The van der Waals surface area contributed by atoms with Gasteiger partial charge >= 0.3 is 0 Å². The van der Waals surface area contributed by atoms with E-state index in [1.54, 1.807) is 6.20 Å². The summed E-state index contributed by atoms with van der Waals surface area (Å²) in [6.07, 6.45) is 2.45. The number of carbonyl (C=O) groups is 1. The van der Waals surface area contributed by atoms with Gasteiger partial charge in [0.25, 0.3) is 0 Å². The Kier molecular flexibility index (Phi) is 1.39. The smallest absolute Gasteiger partial charge is 0.178 e. The zero-order valence-electron chi connectivity index (χ0n) is 4.42. The lowest BCUT2D eigenvalue weighted by Crippen LogP contribution is -1.69. The third kappa shape index (κ3) is 0.924. The first kappa shape index (κ1) is 5.44. The predicted octanol–water partition coefficient (Wildman–Crippen LogP) is 1.26. The molecule has 3 heteroatoms. The van der Waals surface area contributed by atoms with E-state index in [1.165, 1.54) is 11.3 Å². The minimum absolute atomic E-state index is 0.558. The number of nitrogens with zero attached hydrogens (tertiary/aromatic N) is 1. The van der Waals surface area contributed by atoms with E-state index in [2.05, 4.69) is 4.98 Å². The number of thiazole rings is 1. The standard InChI is InChI=1S/C5H5NOS/c1-4-2-6-5(3-7)8-4/h2-3H,1H3. The van der Waals surface area contributed by atoms with Crippen molar-refractivity contribution in [2.24, 2.45) is 0 Å². The lowest BCUT2D eigenvalue weighted by Gasteiger charge is -1.68. The summed E-state index contributed by atoms with van der Waals surface area (Å²) in [5.41, 5.74) is 0.